The molecular weight excluding hydrogens is 208 g/mol. The zero-order valence-corrected chi connectivity index (χ0v) is 9.02. The van der Waals surface area contributed by atoms with Crippen LogP contribution in [0.2, 0.25) is 0 Å². The van der Waals surface area contributed by atoms with E-state index in [1.807, 2.05) is 37.3 Å². The highest BCUT2D eigenvalue weighted by Gasteiger charge is 2.06. The fourth-order valence-electron chi connectivity index (χ4n) is 1.55. The summed E-state index contributed by atoms with van der Waals surface area (Å²) >= 11 is 4.89. The third kappa shape index (κ3) is 1.89. The number of hydrogen-bond acceptors (Lipinski definition) is 2. The van der Waals surface area contributed by atoms with E-state index in [1.54, 1.807) is 0 Å². The maximum Gasteiger partial charge on any atom is 0.259 e. The van der Waals surface area contributed by atoms with Crippen molar-refractivity contribution in [1.82, 2.24) is 9.97 Å². The molecule has 2 N–H and O–H groups in total. The molecule has 0 radical (unpaired) electrons. The number of aromatic amines is 2. The van der Waals surface area contributed by atoms with Crippen molar-refractivity contribution < 1.29 is 0 Å². The number of hydrogen-bond donors (Lipinski definition) is 2. The molecule has 15 heavy (non-hydrogen) atoms. The molecular formula is C11H10N2OS. The smallest absolute Gasteiger partial charge is 0.259 e. The predicted molar refractivity (Wildman–Crippen MR) is 62.4 cm³/mol. The van der Waals surface area contributed by atoms with Crippen molar-refractivity contribution in [3.05, 3.63) is 51.2 Å². The van der Waals surface area contributed by atoms with E-state index in [1.165, 1.54) is 0 Å². The lowest BCUT2D eigenvalue weighted by Gasteiger charge is -2.03. The van der Waals surface area contributed by atoms with Crippen molar-refractivity contribution in [1.29, 1.82) is 0 Å². The van der Waals surface area contributed by atoms with Crippen LogP contribution in [0.4, 0.5) is 0 Å². The van der Waals surface area contributed by atoms with Crippen LogP contribution in [0.15, 0.2) is 35.1 Å². The van der Waals surface area contributed by atoms with E-state index in [-0.39, 0.29) is 5.56 Å². The number of benzene rings is 1. The van der Waals surface area contributed by atoms with Crippen molar-refractivity contribution >= 4 is 12.2 Å². The van der Waals surface area contributed by atoms with E-state index in [2.05, 4.69) is 9.97 Å². The van der Waals surface area contributed by atoms with Crippen LogP contribution >= 0.6 is 12.2 Å². The molecule has 0 bridgehead atoms. The second-order valence-corrected chi connectivity index (χ2v) is 3.68. The van der Waals surface area contributed by atoms with E-state index in [0.29, 0.717) is 10.3 Å². The molecule has 4 heteroatoms. The number of aromatic nitrogens is 2. The van der Waals surface area contributed by atoms with E-state index < -0.39 is 0 Å². The standard InChI is InChI=1S/C11H10N2OS/c1-7-9(8-5-3-2-4-6-8)10(14)13-11(15)12-7/h2-6H,1H3,(H2,12,13,14,15). The monoisotopic (exact) mass is 218 g/mol. The van der Waals surface area contributed by atoms with Crippen LogP contribution in [0.5, 0.6) is 0 Å². The molecule has 1 aromatic heterocycles. The summed E-state index contributed by atoms with van der Waals surface area (Å²) in [5, 5.41) is 0. The largest absolute Gasteiger partial charge is 0.336 e. The summed E-state index contributed by atoms with van der Waals surface area (Å²) in [4.78, 5) is 17.2. The van der Waals surface area contributed by atoms with Gasteiger partial charge in [-0.25, -0.2) is 0 Å². The number of rotatable bonds is 1. The molecule has 0 atom stereocenters. The van der Waals surface area contributed by atoms with Gasteiger partial charge in [-0.3, -0.25) is 9.78 Å². The number of nitrogens with one attached hydrogen (secondary N) is 2. The Kier molecular flexibility index (Phi) is 2.51. The van der Waals surface area contributed by atoms with Gasteiger partial charge in [-0.2, -0.15) is 0 Å². The lowest BCUT2D eigenvalue weighted by Crippen LogP contribution is -2.12. The van der Waals surface area contributed by atoms with Gasteiger partial charge in [0, 0.05) is 5.69 Å². The highest BCUT2D eigenvalue weighted by Crippen LogP contribution is 2.16. The minimum atomic E-state index is -0.151. The van der Waals surface area contributed by atoms with Crippen molar-refractivity contribution in [2.75, 3.05) is 0 Å². The summed E-state index contributed by atoms with van der Waals surface area (Å²) in [7, 11) is 0. The Labute approximate surface area is 91.8 Å². The average molecular weight is 218 g/mol. The van der Waals surface area contributed by atoms with Gasteiger partial charge in [-0.15, -0.1) is 0 Å². The Morgan fingerprint density at radius 2 is 1.80 bits per heavy atom. The first-order chi connectivity index (χ1) is 7.18. The molecule has 1 aromatic carbocycles. The predicted octanol–water partition coefficient (Wildman–Crippen LogP) is 2.41. The second-order valence-electron chi connectivity index (χ2n) is 3.27. The third-order valence-electron chi connectivity index (χ3n) is 2.19. The fourth-order valence-corrected chi connectivity index (χ4v) is 1.80. The second kappa shape index (κ2) is 3.82. The van der Waals surface area contributed by atoms with Gasteiger partial charge in [0.25, 0.3) is 5.56 Å². The SMILES string of the molecule is Cc1[nH]c(=S)[nH]c(=O)c1-c1ccccc1. The summed E-state index contributed by atoms with van der Waals surface area (Å²) in [5.41, 5.74) is 2.17. The Morgan fingerprint density at radius 1 is 1.13 bits per heavy atom. The molecule has 2 aromatic rings. The van der Waals surface area contributed by atoms with Gasteiger partial charge in [-0.1, -0.05) is 30.3 Å². The van der Waals surface area contributed by atoms with Crippen LogP contribution in [0.3, 0.4) is 0 Å². The van der Waals surface area contributed by atoms with Gasteiger partial charge < -0.3 is 4.98 Å². The van der Waals surface area contributed by atoms with Crippen LogP contribution in [0.25, 0.3) is 11.1 Å². The minimum Gasteiger partial charge on any atom is -0.336 e. The molecule has 0 aliphatic rings. The van der Waals surface area contributed by atoms with Gasteiger partial charge in [0.1, 0.15) is 0 Å². The van der Waals surface area contributed by atoms with Crippen LogP contribution in [-0.4, -0.2) is 9.97 Å². The van der Waals surface area contributed by atoms with Gasteiger partial charge >= 0.3 is 0 Å². The number of aryl methyl sites for hydroxylation is 1. The van der Waals surface area contributed by atoms with Crippen molar-refractivity contribution in [2.24, 2.45) is 0 Å². The number of H-pyrrole nitrogens is 2. The van der Waals surface area contributed by atoms with Crippen LogP contribution in [-0.2, 0) is 0 Å². The lowest BCUT2D eigenvalue weighted by atomic mass is 10.1. The highest BCUT2D eigenvalue weighted by atomic mass is 32.1. The molecule has 2 rings (SSSR count). The van der Waals surface area contributed by atoms with Crippen LogP contribution in [0.1, 0.15) is 5.69 Å². The Hall–Kier alpha value is -1.68. The van der Waals surface area contributed by atoms with Gasteiger partial charge in [0.15, 0.2) is 4.77 Å². The van der Waals surface area contributed by atoms with Crippen molar-refractivity contribution in [2.45, 2.75) is 6.92 Å². The minimum absolute atomic E-state index is 0.151. The lowest BCUT2D eigenvalue weighted by molar-refractivity contribution is 1.04. The first kappa shape index (κ1) is 9.86. The summed E-state index contributed by atoms with van der Waals surface area (Å²) in [6.07, 6.45) is 0. The van der Waals surface area contributed by atoms with E-state index >= 15 is 0 Å². The average Bonchev–Trinajstić information content (AvgIpc) is 2.17. The van der Waals surface area contributed by atoms with E-state index in [0.717, 1.165) is 11.3 Å². The highest BCUT2D eigenvalue weighted by molar-refractivity contribution is 7.71. The Balaban J connectivity index is 2.75. The topological polar surface area (TPSA) is 48.6 Å². The molecule has 0 aliphatic carbocycles. The van der Waals surface area contributed by atoms with Gasteiger partial charge in [-0.05, 0) is 24.7 Å². The molecule has 0 saturated carbocycles. The normalized spacial score (nSPS) is 10.2. The summed E-state index contributed by atoms with van der Waals surface area (Å²) < 4.78 is 0.359. The molecule has 0 fully saturated rings. The third-order valence-corrected chi connectivity index (χ3v) is 2.40. The first-order valence-corrected chi connectivity index (χ1v) is 4.98. The maximum atomic E-state index is 11.7. The Bertz CT molecular complexity index is 584. The summed E-state index contributed by atoms with van der Waals surface area (Å²) in [6.45, 7) is 1.84. The van der Waals surface area contributed by atoms with E-state index in [4.69, 9.17) is 12.2 Å². The molecule has 0 unspecified atom stereocenters. The zero-order valence-electron chi connectivity index (χ0n) is 8.20. The van der Waals surface area contributed by atoms with Crippen LogP contribution in [0, 0.1) is 11.7 Å². The van der Waals surface area contributed by atoms with Crippen molar-refractivity contribution in [3.63, 3.8) is 0 Å². The first-order valence-electron chi connectivity index (χ1n) is 4.57. The quantitative estimate of drug-likeness (QED) is 0.722. The fraction of sp³-hybridized carbons (Fsp3) is 0.0909. The molecule has 0 spiro atoms. The van der Waals surface area contributed by atoms with E-state index in [9.17, 15) is 4.79 Å². The maximum absolute atomic E-state index is 11.7. The molecule has 3 nitrogen and oxygen atoms in total. The molecule has 1 heterocycles. The molecule has 0 aliphatic heterocycles. The zero-order chi connectivity index (χ0) is 10.8. The molecule has 0 amide bonds. The Morgan fingerprint density at radius 3 is 2.40 bits per heavy atom. The summed E-state index contributed by atoms with van der Waals surface area (Å²) in [6, 6.07) is 9.51. The van der Waals surface area contributed by atoms with Gasteiger partial charge in [0.2, 0.25) is 0 Å². The van der Waals surface area contributed by atoms with Gasteiger partial charge in [0.05, 0.1) is 5.56 Å². The molecule has 0 saturated heterocycles. The van der Waals surface area contributed by atoms with Crippen LogP contribution < -0.4 is 5.56 Å². The van der Waals surface area contributed by atoms with Crippen molar-refractivity contribution in [3.8, 4) is 11.1 Å². The molecule has 76 valence electrons. The summed E-state index contributed by atoms with van der Waals surface area (Å²) in [5.74, 6) is 0.